The number of pyridine rings is 1. The van der Waals surface area contributed by atoms with Crippen LogP contribution in [0.3, 0.4) is 0 Å². The first-order valence-corrected chi connectivity index (χ1v) is 6.87. The third-order valence-corrected chi connectivity index (χ3v) is 3.31. The predicted molar refractivity (Wildman–Crippen MR) is 74.1 cm³/mol. The summed E-state index contributed by atoms with van der Waals surface area (Å²) in [6, 6.07) is 3.83. The number of nitrogens with zero attached hydrogens (tertiary/aromatic N) is 2. The largest absolute Gasteiger partial charge is 0.380 e. The standard InChI is InChI=1S/C13H20ClN3O/c1-2-15-13-5-4-11(14)12(16-13)10-17-6-3-8-18-9-7-17/h4-5H,2-3,6-10H2,1H3,(H,15,16). The van der Waals surface area contributed by atoms with Crippen LogP contribution in [0.4, 0.5) is 5.82 Å². The van der Waals surface area contributed by atoms with Crippen LogP contribution >= 0.6 is 11.6 Å². The first-order chi connectivity index (χ1) is 8.79. The lowest BCUT2D eigenvalue weighted by Crippen LogP contribution is -2.26. The van der Waals surface area contributed by atoms with E-state index in [0.29, 0.717) is 0 Å². The molecule has 2 heterocycles. The van der Waals surface area contributed by atoms with Crippen LogP contribution in [0.1, 0.15) is 19.0 Å². The van der Waals surface area contributed by atoms with Gasteiger partial charge in [0.15, 0.2) is 0 Å². The second kappa shape index (κ2) is 6.92. The van der Waals surface area contributed by atoms with E-state index >= 15 is 0 Å². The van der Waals surface area contributed by atoms with Gasteiger partial charge in [0.05, 0.1) is 17.3 Å². The molecule has 0 amide bonds. The molecule has 100 valence electrons. The van der Waals surface area contributed by atoms with E-state index < -0.39 is 0 Å². The average Bonchev–Trinajstić information content (AvgIpc) is 2.62. The summed E-state index contributed by atoms with van der Waals surface area (Å²) in [6.45, 7) is 7.36. The van der Waals surface area contributed by atoms with Crippen LogP contribution in [0.2, 0.25) is 5.02 Å². The quantitative estimate of drug-likeness (QED) is 0.911. The van der Waals surface area contributed by atoms with Crippen molar-refractivity contribution in [1.29, 1.82) is 0 Å². The molecule has 5 heteroatoms. The molecule has 0 bridgehead atoms. The first kappa shape index (κ1) is 13.6. The maximum absolute atomic E-state index is 6.21. The van der Waals surface area contributed by atoms with Crippen LogP contribution in [0.5, 0.6) is 0 Å². The van der Waals surface area contributed by atoms with Gasteiger partial charge in [0.1, 0.15) is 5.82 Å². The number of aromatic nitrogens is 1. The van der Waals surface area contributed by atoms with Crippen molar-refractivity contribution in [3.8, 4) is 0 Å². The van der Waals surface area contributed by atoms with Crippen molar-refractivity contribution < 1.29 is 4.74 Å². The van der Waals surface area contributed by atoms with Crippen LogP contribution in [0, 0.1) is 0 Å². The Kier molecular flexibility index (Phi) is 5.23. The summed E-state index contributed by atoms with van der Waals surface area (Å²) in [5.41, 5.74) is 0.942. The van der Waals surface area contributed by atoms with Gasteiger partial charge in [0.2, 0.25) is 0 Å². The van der Waals surface area contributed by atoms with Gasteiger partial charge in [0.25, 0.3) is 0 Å². The van der Waals surface area contributed by atoms with Crippen molar-refractivity contribution in [1.82, 2.24) is 9.88 Å². The van der Waals surface area contributed by atoms with E-state index in [1.807, 2.05) is 12.1 Å². The maximum Gasteiger partial charge on any atom is 0.126 e. The summed E-state index contributed by atoms with van der Waals surface area (Å²) in [7, 11) is 0. The zero-order valence-corrected chi connectivity index (χ0v) is 11.5. The lowest BCUT2D eigenvalue weighted by atomic mass is 10.3. The molecule has 0 aromatic carbocycles. The van der Waals surface area contributed by atoms with Crippen LogP contribution in [0.15, 0.2) is 12.1 Å². The molecule has 1 fully saturated rings. The Morgan fingerprint density at radius 1 is 1.39 bits per heavy atom. The number of hydrogen-bond donors (Lipinski definition) is 1. The normalized spacial score (nSPS) is 17.4. The third kappa shape index (κ3) is 3.83. The van der Waals surface area contributed by atoms with Gasteiger partial charge in [0, 0.05) is 32.8 Å². The first-order valence-electron chi connectivity index (χ1n) is 6.49. The summed E-state index contributed by atoms with van der Waals surface area (Å²) in [4.78, 5) is 6.91. The molecule has 0 radical (unpaired) electrons. The molecule has 0 saturated carbocycles. The summed E-state index contributed by atoms with van der Waals surface area (Å²) in [5.74, 6) is 0.892. The Balaban J connectivity index is 2.04. The fraction of sp³-hybridized carbons (Fsp3) is 0.615. The second-order valence-electron chi connectivity index (χ2n) is 4.40. The molecule has 1 aromatic rings. The van der Waals surface area contributed by atoms with Crippen molar-refractivity contribution in [2.45, 2.75) is 19.9 Å². The predicted octanol–water partition coefficient (Wildman–Crippen LogP) is 2.39. The second-order valence-corrected chi connectivity index (χ2v) is 4.80. The van der Waals surface area contributed by atoms with Crippen LogP contribution < -0.4 is 5.32 Å². The molecule has 4 nitrogen and oxygen atoms in total. The molecule has 0 unspecified atom stereocenters. The topological polar surface area (TPSA) is 37.4 Å². The molecule has 2 rings (SSSR count). The minimum Gasteiger partial charge on any atom is -0.380 e. The molecule has 1 N–H and O–H groups in total. The molecule has 1 aliphatic rings. The van der Waals surface area contributed by atoms with Crippen molar-refractivity contribution in [3.05, 3.63) is 22.8 Å². The highest BCUT2D eigenvalue weighted by Crippen LogP contribution is 2.19. The van der Waals surface area contributed by atoms with Gasteiger partial charge >= 0.3 is 0 Å². The number of anilines is 1. The van der Waals surface area contributed by atoms with E-state index in [1.54, 1.807) is 0 Å². The van der Waals surface area contributed by atoms with Crippen molar-refractivity contribution in [2.24, 2.45) is 0 Å². The maximum atomic E-state index is 6.21. The molecule has 18 heavy (non-hydrogen) atoms. The minimum atomic E-state index is 0.738. The summed E-state index contributed by atoms with van der Waals surface area (Å²) >= 11 is 6.21. The highest BCUT2D eigenvalue weighted by atomic mass is 35.5. The lowest BCUT2D eigenvalue weighted by Gasteiger charge is -2.19. The smallest absolute Gasteiger partial charge is 0.126 e. The molecule has 0 aliphatic carbocycles. The van der Waals surface area contributed by atoms with Gasteiger partial charge in [-0.1, -0.05) is 11.6 Å². The zero-order valence-electron chi connectivity index (χ0n) is 10.8. The highest BCUT2D eigenvalue weighted by Gasteiger charge is 2.12. The SMILES string of the molecule is CCNc1ccc(Cl)c(CN2CCCOCC2)n1. The number of halogens is 1. The molecule has 0 spiro atoms. The Labute approximate surface area is 113 Å². The number of nitrogens with one attached hydrogen (secondary N) is 1. The Hall–Kier alpha value is -0.840. The van der Waals surface area contributed by atoms with Crippen LogP contribution in [-0.4, -0.2) is 42.7 Å². The molecule has 1 aliphatic heterocycles. The van der Waals surface area contributed by atoms with Crippen molar-refractivity contribution in [2.75, 3.05) is 38.2 Å². The molecular weight excluding hydrogens is 250 g/mol. The summed E-state index contributed by atoms with van der Waals surface area (Å²) < 4.78 is 5.45. The third-order valence-electron chi connectivity index (χ3n) is 2.96. The van der Waals surface area contributed by atoms with Gasteiger partial charge in [-0.25, -0.2) is 4.98 Å². The Morgan fingerprint density at radius 2 is 2.28 bits per heavy atom. The van der Waals surface area contributed by atoms with E-state index in [0.717, 1.165) is 62.3 Å². The number of hydrogen-bond acceptors (Lipinski definition) is 4. The minimum absolute atomic E-state index is 0.738. The van der Waals surface area contributed by atoms with Gasteiger partial charge < -0.3 is 10.1 Å². The Bertz CT molecular complexity index is 378. The monoisotopic (exact) mass is 269 g/mol. The van der Waals surface area contributed by atoms with Gasteiger partial charge in [-0.3, -0.25) is 4.90 Å². The van der Waals surface area contributed by atoms with E-state index in [9.17, 15) is 0 Å². The van der Waals surface area contributed by atoms with Crippen LogP contribution in [0.25, 0.3) is 0 Å². The van der Waals surface area contributed by atoms with Gasteiger partial charge in [-0.2, -0.15) is 0 Å². The molecule has 1 saturated heterocycles. The lowest BCUT2D eigenvalue weighted by molar-refractivity contribution is 0.140. The van der Waals surface area contributed by atoms with E-state index in [2.05, 4.69) is 22.1 Å². The van der Waals surface area contributed by atoms with Crippen molar-refractivity contribution >= 4 is 17.4 Å². The van der Waals surface area contributed by atoms with Gasteiger partial charge in [-0.15, -0.1) is 0 Å². The van der Waals surface area contributed by atoms with E-state index in [4.69, 9.17) is 16.3 Å². The summed E-state index contributed by atoms with van der Waals surface area (Å²) in [6.07, 6.45) is 1.07. The summed E-state index contributed by atoms with van der Waals surface area (Å²) in [5, 5.41) is 3.95. The number of ether oxygens (including phenoxy) is 1. The van der Waals surface area contributed by atoms with Crippen LogP contribution in [-0.2, 0) is 11.3 Å². The fourth-order valence-electron chi connectivity index (χ4n) is 2.04. The number of rotatable bonds is 4. The van der Waals surface area contributed by atoms with E-state index in [-0.39, 0.29) is 0 Å². The van der Waals surface area contributed by atoms with Crippen molar-refractivity contribution in [3.63, 3.8) is 0 Å². The highest BCUT2D eigenvalue weighted by molar-refractivity contribution is 6.31. The average molecular weight is 270 g/mol. The fourth-order valence-corrected chi connectivity index (χ4v) is 2.21. The molecule has 0 atom stereocenters. The molecular formula is C13H20ClN3O. The molecule has 1 aromatic heterocycles. The zero-order chi connectivity index (χ0) is 12.8. The van der Waals surface area contributed by atoms with Gasteiger partial charge in [-0.05, 0) is 25.5 Å². The van der Waals surface area contributed by atoms with E-state index in [1.165, 1.54) is 0 Å². The Morgan fingerprint density at radius 3 is 3.11 bits per heavy atom.